The van der Waals surface area contributed by atoms with Crippen LogP contribution in [0, 0.1) is 0 Å². The van der Waals surface area contributed by atoms with Crippen molar-refractivity contribution in [2.24, 2.45) is 5.14 Å². The van der Waals surface area contributed by atoms with Crippen LogP contribution in [0.15, 0.2) is 22.7 Å². The first-order valence-electron chi connectivity index (χ1n) is 3.09. The van der Waals surface area contributed by atoms with E-state index in [-0.39, 0.29) is 11.5 Å². The molecule has 0 aliphatic carbocycles. The van der Waals surface area contributed by atoms with Gasteiger partial charge in [0, 0.05) is 4.47 Å². The standard InChI is InChI=1S/C6H6BrNO4S/c7-4-1-2-6(5(9)3-4)12-13(8,10)11/h1-3,9H,(H2,8,10,11). The van der Waals surface area contributed by atoms with Crippen molar-refractivity contribution in [3.8, 4) is 11.5 Å². The third kappa shape index (κ3) is 3.21. The van der Waals surface area contributed by atoms with E-state index >= 15 is 0 Å². The van der Waals surface area contributed by atoms with Gasteiger partial charge in [-0.05, 0) is 18.2 Å². The zero-order chi connectivity index (χ0) is 10.1. The molecular weight excluding hydrogens is 262 g/mol. The third-order valence-electron chi connectivity index (χ3n) is 1.13. The fourth-order valence-electron chi connectivity index (χ4n) is 0.686. The highest BCUT2D eigenvalue weighted by molar-refractivity contribution is 9.10. The molecule has 0 aliphatic heterocycles. The quantitative estimate of drug-likeness (QED) is 0.827. The Morgan fingerprint density at radius 1 is 1.46 bits per heavy atom. The molecule has 1 aromatic carbocycles. The van der Waals surface area contributed by atoms with Crippen LogP contribution in [0.4, 0.5) is 0 Å². The lowest BCUT2D eigenvalue weighted by Gasteiger charge is -2.04. The maximum absolute atomic E-state index is 10.5. The molecule has 0 fully saturated rings. The summed E-state index contributed by atoms with van der Waals surface area (Å²) in [7, 11) is -4.09. The smallest absolute Gasteiger partial charge is 0.380 e. The van der Waals surface area contributed by atoms with Crippen LogP contribution in [-0.2, 0) is 10.3 Å². The van der Waals surface area contributed by atoms with E-state index in [1.165, 1.54) is 18.2 Å². The van der Waals surface area contributed by atoms with Gasteiger partial charge in [0.1, 0.15) is 0 Å². The summed E-state index contributed by atoms with van der Waals surface area (Å²) in [5.74, 6) is -0.505. The maximum Gasteiger partial charge on any atom is 0.380 e. The molecule has 0 atom stereocenters. The van der Waals surface area contributed by atoms with Crippen molar-refractivity contribution < 1.29 is 17.7 Å². The predicted octanol–water partition coefficient (Wildman–Crippen LogP) is 0.737. The van der Waals surface area contributed by atoms with Crippen LogP contribution < -0.4 is 9.32 Å². The molecule has 0 aliphatic rings. The van der Waals surface area contributed by atoms with Gasteiger partial charge in [0.25, 0.3) is 0 Å². The summed E-state index contributed by atoms with van der Waals surface area (Å²) in [6, 6.07) is 4.09. The Kier molecular flexibility index (Phi) is 2.79. The average molecular weight is 268 g/mol. The largest absolute Gasteiger partial charge is 0.504 e. The van der Waals surface area contributed by atoms with E-state index in [0.717, 1.165) is 0 Å². The fraction of sp³-hybridized carbons (Fsp3) is 0. The molecule has 0 unspecified atom stereocenters. The van der Waals surface area contributed by atoms with Gasteiger partial charge in [-0.15, -0.1) is 0 Å². The van der Waals surface area contributed by atoms with Crippen molar-refractivity contribution in [2.75, 3.05) is 0 Å². The summed E-state index contributed by atoms with van der Waals surface area (Å²) in [6.07, 6.45) is 0. The Bertz CT molecular complexity index is 417. The summed E-state index contributed by atoms with van der Waals surface area (Å²) in [5, 5.41) is 13.8. The first-order chi connectivity index (χ1) is 5.88. The summed E-state index contributed by atoms with van der Waals surface area (Å²) in [5.41, 5.74) is 0. The molecule has 3 N–H and O–H groups in total. The first kappa shape index (κ1) is 10.3. The molecule has 0 radical (unpaired) electrons. The lowest BCUT2D eigenvalue weighted by atomic mass is 10.3. The van der Waals surface area contributed by atoms with E-state index in [0.29, 0.717) is 4.47 Å². The van der Waals surface area contributed by atoms with Crippen molar-refractivity contribution in [1.82, 2.24) is 0 Å². The minimum absolute atomic E-state index is 0.203. The minimum Gasteiger partial charge on any atom is -0.504 e. The molecule has 0 saturated heterocycles. The molecule has 0 bridgehead atoms. The number of hydrogen-bond acceptors (Lipinski definition) is 4. The Morgan fingerprint density at radius 2 is 2.08 bits per heavy atom. The van der Waals surface area contributed by atoms with Gasteiger partial charge in [-0.25, -0.2) is 0 Å². The van der Waals surface area contributed by atoms with Crippen LogP contribution >= 0.6 is 15.9 Å². The number of hydrogen-bond donors (Lipinski definition) is 2. The molecule has 1 aromatic rings. The van der Waals surface area contributed by atoms with E-state index in [4.69, 9.17) is 0 Å². The monoisotopic (exact) mass is 267 g/mol. The molecule has 1 rings (SSSR count). The van der Waals surface area contributed by atoms with Gasteiger partial charge in [0.2, 0.25) is 0 Å². The van der Waals surface area contributed by atoms with Gasteiger partial charge in [0.05, 0.1) is 0 Å². The number of halogens is 1. The molecule has 5 nitrogen and oxygen atoms in total. The number of rotatable bonds is 2. The van der Waals surface area contributed by atoms with Crippen LogP contribution in [0.25, 0.3) is 0 Å². The Hall–Kier alpha value is -0.790. The molecular formula is C6H6BrNO4S. The molecule has 0 heterocycles. The van der Waals surface area contributed by atoms with Crippen molar-refractivity contribution in [3.63, 3.8) is 0 Å². The van der Waals surface area contributed by atoms with Gasteiger partial charge >= 0.3 is 10.3 Å². The lowest BCUT2D eigenvalue weighted by molar-refractivity contribution is 0.428. The number of benzene rings is 1. The highest BCUT2D eigenvalue weighted by Gasteiger charge is 2.09. The lowest BCUT2D eigenvalue weighted by Crippen LogP contribution is -2.18. The van der Waals surface area contributed by atoms with Crippen LogP contribution in [0.5, 0.6) is 11.5 Å². The molecule has 0 spiro atoms. The van der Waals surface area contributed by atoms with Crippen LogP contribution in [-0.4, -0.2) is 13.5 Å². The van der Waals surface area contributed by atoms with Gasteiger partial charge in [0.15, 0.2) is 11.5 Å². The van der Waals surface area contributed by atoms with Gasteiger partial charge in [-0.1, -0.05) is 15.9 Å². The number of phenols is 1. The zero-order valence-corrected chi connectivity index (χ0v) is 8.67. The Labute approximate surface area is 83.5 Å². The number of nitrogens with two attached hydrogens (primary N) is 1. The predicted molar refractivity (Wildman–Crippen MR) is 49.5 cm³/mol. The van der Waals surface area contributed by atoms with Gasteiger partial charge < -0.3 is 9.29 Å². The maximum atomic E-state index is 10.5. The number of aromatic hydroxyl groups is 1. The van der Waals surface area contributed by atoms with Crippen molar-refractivity contribution in [3.05, 3.63) is 22.7 Å². The summed E-state index contributed by atoms with van der Waals surface area (Å²) < 4.78 is 25.8. The van der Waals surface area contributed by atoms with E-state index < -0.39 is 10.3 Å². The Morgan fingerprint density at radius 3 is 2.54 bits per heavy atom. The highest BCUT2D eigenvalue weighted by atomic mass is 79.9. The summed E-state index contributed by atoms with van der Waals surface area (Å²) >= 11 is 3.08. The van der Waals surface area contributed by atoms with Gasteiger partial charge in [-0.3, -0.25) is 0 Å². The molecule has 0 amide bonds. The fourth-order valence-corrected chi connectivity index (χ4v) is 1.43. The third-order valence-corrected chi connectivity index (χ3v) is 2.03. The van der Waals surface area contributed by atoms with Crippen molar-refractivity contribution in [1.29, 1.82) is 0 Å². The number of phenolic OH excluding ortho intramolecular Hbond substituents is 1. The van der Waals surface area contributed by atoms with E-state index in [2.05, 4.69) is 25.3 Å². The second-order valence-electron chi connectivity index (χ2n) is 2.19. The van der Waals surface area contributed by atoms with Gasteiger partial charge in [-0.2, -0.15) is 13.6 Å². The van der Waals surface area contributed by atoms with Crippen LogP contribution in [0.1, 0.15) is 0 Å². The molecule has 13 heavy (non-hydrogen) atoms. The van der Waals surface area contributed by atoms with E-state index in [1.54, 1.807) is 0 Å². The molecule has 72 valence electrons. The average Bonchev–Trinajstić information content (AvgIpc) is 1.93. The zero-order valence-electron chi connectivity index (χ0n) is 6.27. The van der Waals surface area contributed by atoms with E-state index in [1.807, 2.05) is 0 Å². The van der Waals surface area contributed by atoms with Crippen molar-refractivity contribution in [2.45, 2.75) is 0 Å². The van der Waals surface area contributed by atoms with Crippen molar-refractivity contribution >= 4 is 26.2 Å². The highest BCUT2D eigenvalue weighted by Crippen LogP contribution is 2.29. The Balaban J connectivity index is 3.04. The SMILES string of the molecule is NS(=O)(=O)Oc1ccc(Br)cc1O. The van der Waals surface area contributed by atoms with Crippen LogP contribution in [0.3, 0.4) is 0 Å². The first-order valence-corrected chi connectivity index (χ1v) is 5.35. The molecule has 7 heteroatoms. The van der Waals surface area contributed by atoms with E-state index in [9.17, 15) is 13.5 Å². The van der Waals surface area contributed by atoms with Crippen LogP contribution in [0.2, 0.25) is 0 Å². The topological polar surface area (TPSA) is 89.6 Å². The molecule has 0 aromatic heterocycles. The molecule has 0 saturated carbocycles. The summed E-state index contributed by atoms with van der Waals surface area (Å²) in [6.45, 7) is 0. The second-order valence-corrected chi connectivity index (χ2v) is 4.26. The minimum atomic E-state index is -4.09. The second kappa shape index (κ2) is 3.52. The summed E-state index contributed by atoms with van der Waals surface area (Å²) in [4.78, 5) is 0. The normalized spacial score (nSPS) is 11.2.